The molecule has 2 nitrogen and oxygen atoms in total. The zero-order valence-corrected chi connectivity index (χ0v) is 13.7. The smallest absolute Gasteiger partial charge is 0.0453 e. The van der Waals surface area contributed by atoms with E-state index < -0.39 is 0 Å². The molecule has 2 aromatic carbocycles. The first-order valence-corrected chi connectivity index (χ1v) is 8.55. The number of nitrogens with one attached hydrogen (secondary N) is 1. The summed E-state index contributed by atoms with van der Waals surface area (Å²) >= 11 is 14.4. The molecular formula is C16H16Cl2N2S. The molecule has 0 spiro atoms. The Balaban J connectivity index is 1.87. The normalized spacial score (nSPS) is 18.5. The van der Waals surface area contributed by atoms with E-state index in [1.54, 1.807) is 0 Å². The summed E-state index contributed by atoms with van der Waals surface area (Å²) in [6.07, 6.45) is 0.717. The Morgan fingerprint density at radius 3 is 2.57 bits per heavy atom. The Kier molecular flexibility index (Phi) is 4.77. The van der Waals surface area contributed by atoms with Crippen molar-refractivity contribution in [3.63, 3.8) is 0 Å². The Labute approximate surface area is 139 Å². The van der Waals surface area contributed by atoms with Gasteiger partial charge >= 0.3 is 0 Å². The van der Waals surface area contributed by atoms with Gasteiger partial charge in [0.2, 0.25) is 0 Å². The highest BCUT2D eigenvalue weighted by atomic mass is 35.5. The highest BCUT2D eigenvalue weighted by molar-refractivity contribution is 7.99. The van der Waals surface area contributed by atoms with Gasteiger partial charge in [0.05, 0.1) is 0 Å². The van der Waals surface area contributed by atoms with Crippen LogP contribution in [-0.2, 0) is 6.42 Å². The Hall–Kier alpha value is -0.710. The second kappa shape index (κ2) is 6.59. The van der Waals surface area contributed by atoms with Crippen molar-refractivity contribution in [3.05, 3.63) is 63.6 Å². The van der Waals surface area contributed by atoms with Gasteiger partial charge in [0.25, 0.3) is 0 Å². The van der Waals surface area contributed by atoms with Gasteiger partial charge < -0.3 is 0 Å². The van der Waals surface area contributed by atoms with Gasteiger partial charge in [0.1, 0.15) is 0 Å². The van der Waals surface area contributed by atoms with Crippen LogP contribution in [0.4, 0.5) is 0 Å². The summed E-state index contributed by atoms with van der Waals surface area (Å²) in [5, 5.41) is 1.39. The van der Waals surface area contributed by atoms with E-state index in [1.165, 1.54) is 10.5 Å². The Morgan fingerprint density at radius 1 is 1.14 bits per heavy atom. The maximum absolute atomic E-state index is 6.28. The standard InChI is InChI=1S/C16H16Cl2N2S/c17-13-5-3-6-14(18)11(13)8-15(20-19)12-9-21-16-7-2-1-4-10(12)16/h1-7,12,15,20H,8-9,19H2. The molecule has 3 N–H and O–H groups in total. The SMILES string of the molecule is NNC(Cc1c(Cl)cccc1Cl)C1CSc2ccccc21. The summed E-state index contributed by atoms with van der Waals surface area (Å²) in [4.78, 5) is 1.34. The van der Waals surface area contributed by atoms with Crippen LogP contribution in [0.1, 0.15) is 17.0 Å². The fourth-order valence-electron chi connectivity index (χ4n) is 2.79. The lowest BCUT2D eigenvalue weighted by atomic mass is 9.89. The largest absolute Gasteiger partial charge is 0.271 e. The summed E-state index contributed by atoms with van der Waals surface area (Å²) in [6, 6.07) is 14.2. The van der Waals surface area contributed by atoms with Gasteiger partial charge in [0.15, 0.2) is 0 Å². The predicted octanol–water partition coefficient (Wildman–Crippen LogP) is 4.26. The fourth-order valence-corrected chi connectivity index (χ4v) is 4.67. The van der Waals surface area contributed by atoms with Gasteiger partial charge in [-0.25, -0.2) is 0 Å². The molecule has 0 saturated heterocycles. The molecule has 0 radical (unpaired) electrons. The van der Waals surface area contributed by atoms with Gasteiger partial charge in [-0.2, -0.15) is 0 Å². The lowest BCUT2D eigenvalue weighted by Gasteiger charge is -2.24. The van der Waals surface area contributed by atoms with Crippen molar-refractivity contribution in [2.75, 3.05) is 5.75 Å². The van der Waals surface area contributed by atoms with Crippen LogP contribution in [0.2, 0.25) is 10.0 Å². The number of hydrazine groups is 1. The summed E-state index contributed by atoms with van der Waals surface area (Å²) in [7, 11) is 0. The topological polar surface area (TPSA) is 38.0 Å². The monoisotopic (exact) mass is 338 g/mol. The van der Waals surface area contributed by atoms with Gasteiger partial charge in [0, 0.05) is 32.7 Å². The first-order valence-electron chi connectivity index (χ1n) is 6.81. The van der Waals surface area contributed by atoms with Crippen LogP contribution in [0.15, 0.2) is 47.4 Å². The first kappa shape index (κ1) is 15.2. The fraction of sp³-hybridized carbons (Fsp3) is 0.250. The molecule has 0 bridgehead atoms. The van der Waals surface area contributed by atoms with Gasteiger partial charge in [-0.15, -0.1) is 11.8 Å². The second-order valence-corrected chi connectivity index (χ2v) is 7.01. The number of rotatable bonds is 4. The number of nitrogens with two attached hydrogens (primary N) is 1. The molecule has 0 aromatic heterocycles. The summed E-state index contributed by atoms with van der Waals surface area (Å²) < 4.78 is 0. The van der Waals surface area contributed by atoms with Crippen LogP contribution < -0.4 is 11.3 Å². The van der Waals surface area contributed by atoms with Crippen molar-refractivity contribution in [2.45, 2.75) is 23.3 Å². The molecule has 2 atom stereocenters. The number of halogens is 2. The van der Waals surface area contributed by atoms with Crippen LogP contribution in [-0.4, -0.2) is 11.8 Å². The van der Waals surface area contributed by atoms with Crippen molar-refractivity contribution in [3.8, 4) is 0 Å². The first-order chi connectivity index (χ1) is 10.2. The number of benzene rings is 2. The molecule has 1 aliphatic heterocycles. The minimum Gasteiger partial charge on any atom is -0.271 e. The molecule has 5 heteroatoms. The Bertz CT molecular complexity index is 628. The van der Waals surface area contributed by atoms with E-state index in [0.29, 0.717) is 22.4 Å². The van der Waals surface area contributed by atoms with Crippen molar-refractivity contribution in [1.29, 1.82) is 0 Å². The molecule has 0 amide bonds. The lowest BCUT2D eigenvalue weighted by molar-refractivity contribution is 0.463. The maximum Gasteiger partial charge on any atom is 0.0453 e. The zero-order chi connectivity index (χ0) is 14.8. The zero-order valence-electron chi connectivity index (χ0n) is 11.4. The minimum atomic E-state index is 0.110. The van der Waals surface area contributed by atoms with E-state index >= 15 is 0 Å². The highest BCUT2D eigenvalue weighted by Gasteiger charge is 2.30. The highest BCUT2D eigenvalue weighted by Crippen LogP contribution is 2.42. The van der Waals surface area contributed by atoms with Gasteiger partial charge in [-0.05, 0) is 35.7 Å². The van der Waals surface area contributed by atoms with Crippen molar-refractivity contribution in [2.24, 2.45) is 5.84 Å². The van der Waals surface area contributed by atoms with E-state index in [-0.39, 0.29) is 6.04 Å². The average Bonchev–Trinajstić information content (AvgIpc) is 2.91. The molecule has 1 aliphatic rings. The number of fused-ring (bicyclic) bond motifs is 1. The number of thioether (sulfide) groups is 1. The van der Waals surface area contributed by atoms with Crippen molar-refractivity contribution >= 4 is 35.0 Å². The van der Waals surface area contributed by atoms with E-state index in [4.69, 9.17) is 29.0 Å². The molecule has 0 fully saturated rings. The molecule has 0 saturated carbocycles. The quantitative estimate of drug-likeness (QED) is 0.646. The summed E-state index contributed by atoms with van der Waals surface area (Å²) in [5.74, 6) is 7.20. The maximum atomic E-state index is 6.28. The molecule has 21 heavy (non-hydrogen) atoms. The summed E-state index contributed by atoms with van der Waals surface area (Å²) in [5.41, 5.74) is 5.27. The molecular weight excluding hydrogens is 323 g/mol. The number of hydrogen-bond acceptors (Lipinski definition) is 3. The van der Waals surface area contributed by atoms with Crippen LogP contribution >= 0.6 is 35.0 Å². The molecule has 2 aromatic rings. The molecule has 1 heterocycles. The third-order valence-electron chi connectivity index (χ3n) is 3.92. The van der Waals surface area contributed by atoms with Gasteiger partial charge in [-0.3, -0.25) is 11.3 Å². The third kappa shape index (κ3) is 3.08. The van der Waals surface area contributed by atoms with Crippen LogP contribution in [0.25, 0.3) is 0 Å². The van der Waals surface area contributed by atoms with E-state index in [2.05, 4.69) is 29.7 Å². The molecule has 2 unspecified atom stereocenters. The average molecular weight is 339 g/mol. The van der Waals surface area contributed by atoms with E-state index in [1.807, 2.05) is 30.0 Å². The Morgan fingerprint density at radius 2 is 1.86 bits per heavy atom. The van der Waals surface area contributed by atoms with E-state index in [9.17, 15) is 0 Å². The minimum absolute atomic E-state index is 0.110. The third-order valence-corrected chi connectivity index (χ3v) is 5.84. The summed E-state index contributed by atoms with van der Waals surface area (Å²) in [6.45, 7) is 0. The molecule has 3 rings (SSSR count). The second-order valence-electron chi connectivity index (χ2n) is 5.13. The van der Waals surface area contributed by atoms with Crippen molar-refractivity contribution in [1.82, 2.24) is 5.43 Å². The molecule has 110 valence electrons. The van der Waals surface area contributed by atoms with E-state index in [0.717, 1.165) is 11.3 Å². The molecule has 0 aliphatic carbocycles. The van der Waals surface area contributed by atoms with Gasteiger partial charge in [-0.1, -0.05) is 47.5 Å². The van der Waals surface area contributed by atoms with Crippen LogP contribution in [0.3, 0.4) is 0 Å². The van der Waals surface area contributed by atoms with Crippen LogP contribution in [0.5, 0.6) is 0 Å². The lowest BCUT2D eigenvalue weighted by Crippen LogP contribution is -2.41. The number of hydrogen-bond donors (Lipinski definition) is 2. The predicted molar refractivity (Wildman–Crippen MR) is 91.2 cm³/mol. The van der Waals surface area contributed by atoms with Crippen molar-refractivity contribution < 1.29 is 0 Å². The van der Waals surface area contributed by atoms with Crippen LogP contribution in [0, 0.1) is 0 Å².